The molecule has 5 rings (SSSR count). The van der Waals surface area contributed by atoms with Gasteiger partial charge in [0.15, 0.2) is 24.8 Å². The van der Waals surface area contributed by atoms with Gasteiger partial charge >= 0.3 is 0 Å². The highest BCUT2D eigenvalue weighted by molar-refractivity contribution is 6.02. The quantitative estimate of drug-likeness (QED) is 0.394. The maximum Gasteiger partial charge on any atom is 0.287 e. The molecule has 0 saturated carbocycles. The summed E-state index contributed by atoms with van der Waals surface area (Å²) in [5.74, 6) is -0.153. The van der Waals surface area contributed by atoms with Crippen molar-refractivity contribution in [3.63, 3.8) is 0 Å². The number of benzene rings is 2. The van der Waals surface area contributed by atoms with Crippen molar-refractivity contribution in [1.29, 1.82) is 0 Å². The zero-order valence-electron chi connectivity index (χ0n) is 21.5. The molecule has 0 unspecified atom stereocenters. The molecule has 2 aliphatic heterocycles. The topological polar surface area (TPSA) is 101 Å². The van der Waals surface area contributed by atoms with Crippen LogP contribution in [0.5, 0.6) is 11.5 Å². The number of carbonyl (C=O) groups is 3. The molecule has 1 fully saturated rings. The second kappa shape index (κ2) is 12.1. The van der Waals surface area contributed by atoms with Crippen molar-refractivity contribution in [2.45, 2.75) is 25.8 Å². The number of Topliss-reactive ketones (excluding diaryl/α,β-unsaturated/α-hetero) is 1. The molecule has 0 atom stereocenters. The minimum Gasteiger partial charge on any atom is -0.485 e. The van der Waals surface area contributed by atoms with Gasteiger partial charge in [0, 0.05) is 24.7 Å². The van der Waals surface area contributed by atoms with Crippen LogP contribution in [0.15, 0.2) is 59.0 Å². The number of hydrogen-bond donors (Lipinski definition) is 1. The number of halogens is 1. The molecule has 3 heterocycles. The van der Waals surface area contributed by atoms with Crippen LogP contribution >= 0.6 is 0 Å². The van der Waals surface area contributed by atoms with Crippen LogP contribution in [-0.2, 0) is 11.3 Å². The molecule has 3 aromatic rings. The molecule has 2 amide bonds. The Kier molecular flexibility index (Phi) is 8.21. The molecule has 204 valence electrons. The second-order valence-electron chi connectivity index (χ2n) is 9.54. The van der Waals surface area contributed by atoms with Crippen molar-refractivity contribution >= 4 is 23.3 Å². The number of ketones is 1. The van der Waals surface area contributed by atoms with E-state index in [1.807, 2.05) is 0 Å². The molecule has 0 bridgehead atoms. The van der Waals surface area contributed by atoms with E-state index in [1.165, 1.54) is 42.4 Å². The predicted molar refractivity (Wildman–Crippen MR) is 141 cm³/mol. The number of carbonyl (C=O) groups excluding carboxylic acids is 3. The van der Waals surface area contributed by atoms with Crippen LogP contribution in [-0.4, -0.2) is 61.9 Å². The van der Waals surface area contributed by atoms with Gasteiger partial charge in [0.2, 0.25) is 0 Å². The van der Waals surface area contributed by atoms with Crippen molar-refractivity contribution in [2.24, 2.45) is 0 Å². The maximum absolute atomic E-state index is 13.4. The van der Waals surface area contributed by atoms with E-state index in [1.54, 1.807) is 36.4 Å². The molecule has 9 nitrogen and oxygen atoms in total. The first kappa shape index (κ1) is 26.4. The Bertz CT molecular complexity index is 1350. The van der Waals surface area contributed by atoms with Crippen LogP contribution in [0.4, 0.5) is 10.1 Å². The average molecular weight is 536 g/mol. The van der Waals surface area contributed by atoms with Crippen LogP contribution in [0.1, 0.15) is 45.9 Å². The molecular formula is C29H30FN3O6. The third kappa shape index (κ3) is 6.64. The zero-order valence-corrected chi connectivity index (χ0v) is 21.5. The highest BCUT2D eigenvalue weighted by Crippen LogP contribution is 2.34. The second-order valence-corrected chi connectivity index (χ2v) is 9.54. The predicted octanol–water partition coefficient (Wildman–Crippen LogP) is 3.82. The Morgan fingerprint density at radius 2 is 1.87 bits per heavy atom. The lowest BCUT2D eigenvalue weighted by atomic mass is 10.1. The Morgan fingerprint density at radius 3 is 2.69 bits per heavy atom. The fourth-order valence-corrected chi connectivity index (χ4v) is 4.68. The Balaban J connectivity index is 1.22. The number of piperidine rings is 1. The number of hydrogen-bond acceptors (Lipinski definition) is 7. The van der Waals surface area contributed by atoms with Crippen molar-refractivity contribution in [2.75, 3.05) is 44.3 Å². The Morgan fingerprint density at radius 1 is 1.03 bits per heavy atom. The van der Waals surface area contributed by atoms with Gasteiger partial charge in [0.25, 0.3) is 11.8 Å². The average Bonchev–Trinajstić information content (AvgIpc) is 3.42. The lowest BCUT2D eigenvalue weighted by molar-refractivity contribution is -0.121. The summed E-state index contributed by atoms with van der Waals surface area (Å²) in [6, 6.07) is 13.5. The van der Waals surface area contributed by atoms with Gasteiger partial charge in [-0.3, -0.25) is 19.3 Å². The number of anilines is 1. The van der Waals surface area contributed by atoms with Gasteiger partial charge in [0.1, 0.15) is 23.1 Å². The first-order valence-corrected chi connectivity index (χ1v) is 13.0. The molecule has 0 aliphatic carbocycles. The Labute approximate surface area is 225 Å². The lowest BCUT2D eigenvalue weighted by Gasteiger charge is -2.29. The van der Waals surface area contributed by atoms with Gasteiger partial charge in [-0.2, -0.15) is 0 Å². The summed E-state index contributed by atoms with van der Waals surface area (Å²) in [6.45, 7) is 3.05. The fourth-order valence-electron chi connectivity index (χ4n) is 4.68. The minimum absolute atomic E-state index is 0.0632. The molecule has 0 radical (unpaired) electrons. The van der Waals surface area contributed by atoms with Crippen molar-refractivity contribution in [3.05, 3.63) is 77.5 Å². The highest BCUT2D eigenvalue weighted by Gasteiger charge is 2.28. The first-order valence-electron chi connectivity index (χ1n) is 13.0. The summed E-state index contributed by atoms with van der Waals surface area (Å²) < 4.78 is 30.1. The van der Waals surface area contributed by atoms with E-state index < -0.39 is 5.82 Å². The van der Waals surface area contributed by atoms with E-state index in [0.29, 0.717) is 29.3 Å². The van der Waals surface area contributed by atoms with Gasteiger partial charge in [-0.15, -0.1) is 0 Å². The monoisotopic (exact) mass is 535 g/mol. The Hall–Kier alpha value is -4.18. The molecule has 39 heavy (non-hydrogen) atoms. The number of likely N-dealkylation sites (tertiary alicyclic amines) is 1. The standard InChI is InChI=1S/C29H30FN3O6/c30-21-5-4-6-22(16-21)37-18-25(34)20-7-9-26-24(15-20)33(28(35)19-38-26)17-23-8-10-27(39-23)29(36)31-11-14-32-12-2-1-3-13-32/h4-10,15-16H,1-3,11-14,17-19H2,(H,31,36). The van der Waals surface area contributed by atoms with Gasteiger partial charge in [-0.05, 0) is 68.4 Å². The number of furan rings is 1. The third-order valence-electron chi connectivity index (χ3n) is 6.75. The summed E-state index contributed by atoms with van der Waals surface area (Å²) in [6.07, 6.45) is 3.64. The van der Waals surface area contributed by atoms with E-state index in [9.17, 15) is 18.8 Å². The molecule has 1 aromatic heterocycles. The van der Waals surface area contributed by atoms with Crippen LogP contribution in [0.2, 0.25) is 0 Å². The number of nitrogens with zero attached hydrogens (tertiary/aromatic N) is 2. The fraction of sp³-hybridized carbons (Fsp3) is 0.345. The van der Waals surface area contributed by atoms with Crippen molar-refractivity contribution < 1.29 is 32.7 Å². The number of rotatable bonds is 10. The van der Waals surface area contributed by atoms with Gasteiger partial charge < -0.3 is 24.1 Å². The lowest BCUT2D eigenvalue weighted by Crippen LogP contribution is -2.38. The summed E-state index contributed by atoms with van der Waals surface area (Å²) in [5, 5.41) is 2.89. The highest BCUT2D eigenvalue weighted by atomic mass is 19.1. The van der Waals surface area contributed by atoms with Crippen LogP contribution in [0.25, 0.3) is 0 Å². The molecule has 0 spiro atoms. The van der Waals surface area contributed by atoms with E-state index in [4.69, 9.17) is 13.9 Å². The van der Waals surface area contributed by atoms with Crippen molar-refractivity contribution in [3.8, 4) is 11.5 Å². The normalized spacial score (nSPS) is 15.4. The zero-order chi connectivity index (χ0) is 27.2. The van der Waals surface area contributed by atoms with Gasteiger partial charge in [-0.25, -0.2) is 4.39 Å². The summed E-state index contributed by atoms with van der Waals surface area (Å²) in [5.41, 5.74) is 0.716. The van der Waals surface area contributed by atoms with Crippen LogP contribution in [0, 0.1) is 5.82 Å². The summed E-state index contributed by atoms with van der Waals surface area (Å²) >= 11 is 0. The third-order valence-corrected chi connectivity index (χ3v) is 6.75. The number of ether oxygens (including phenoxy) is 2. The van der Waals surface area contributed by atoms with Gasteiger partial charge in [0.05, 0.1) is 12.2 Å². The summed E-state index contributed by atoms with van der Waals surface area (Å²) in [7, 11) is 0. The van der Waals surface area contributed by atoms with Crippen molar-refractivity contribution in [1.82, 2.24) is 10.2 Å². The minimum atomic E-state index is -0.462. The SMILES string of the molecule is O=C(COc1cccc(F)c1)c1ccc2c(c1)N(Cc1ccc(C(=O)NCCN3CCCCC3)o1)C(=O)CO2. The van der Waals surface area contributed by atoms with Crippen LogP contribution < -0.4 is 19.7 Å². The van der Waals surface area contributed by atoms with E-state index in [0.717, 1.165) is 19.6 Å². The number of nitrogens with one attached hydrogen (secondary N) is 1. The van der Waals surface area contributed by atoms with Crippen LogP contribution in [0.3, 0.4) is 0 Å². The number of amides is 2. The van der Waals surface area contributed by atoms with E-state index in [-0.39, 0.29) is 48.9 Å². The largest absolute Gasteiger partial charge is 0.485 e. The number of fused-ring (bicyclic) bond motifs is 1. The maximum atomic E-state index is 13.4. The van der Waals surface area contributed by atoms with E-state index >= 15 is 0 Å². The summed E-state index contributed by atoms with van der Waals surface area (Å²) in [4.78, 5) is 41.9. The van der Waals surface area contributed by atoms with E-state index in [2.05, 4.69) is 10.2 Å². The molecule has 10 heteroatoms. The molecule has 2 aliphatic rings. The molecule has 1 saturated heterocycles. The molecular weight excluding hydrogens is 505 g/mol. The molecule has 2 aromatic carbocycles. The molecule has 1 N–H and O–H groups in total. The smallest absolute Gasteiger partial charge is 0.287 e. The van der Waals surface area contributed by atoms with Gasteiger partial charge in [-0.1, -0.05) is 12.5 Å². The first-order chi connectivity index (χ1) is 19.0.